The number of nitrogens with one attached hydrogen (secondary N) is 2. The van der Waals surface area contributed by atoms with Crippen LogP contribution in [-0.2, 0) is 9.53 Å². The predicted molar refractivity (Wildman–Crippen MR) is 64.2 cm³/mol. The van der Waals surface area contributed by atoms with Crippen molar-refractivity contribution in [3.63, 3.8) is 0 Å². The average Bonchev–Trinajstić information content (AvgIpc) is 2.97. The van der Waals surface area contributed by atoms with Crippen LogP contribution in [0.5, 0.6) is 0 Å². The topological polar surface area (TPSA) is 87.7 Å². The Labute approximate surface area is 106 Å². The molecule has 0 radical (unpaired) electrons. The van der Waals surface area contributed by atoms with Gasteiger partial charge in [-0.25, -0.2) is 4.79 Å². The predicted octanol–water partition coefficient (Wildman–Crippen LogP) is 0.577. The van der Waals surface area contributed by atoms with Crippen molar-refractivity contribution in [2.45, 2.75) is 25.7 Å². The summed E-state index contributed by atoms with van der Waals surface area (Å²) < 4.78 is 5.25. The van der Waals surface area contributed by atoms with Crippen LogP contribution in [0.1, 0.15) is 25.7 Å². The molecule has 2 rings (SSSR count). The molecule has 6 heteroatoms. The minimum absolute atomic E-state index is 0.223. The van der Waals surface area contributed by atoms with Crippen LogP contribution >= 0.6 is 0 Å². The Morgan fingerprint density at radius 2 is 2.11 bits per heavy atom. The molecular weight excluding hydrogens is 236 g/mol. The van der Waals surface area contributed by atoms with Gasteiger partial charge in [-0.05, 0) is 31.6 Å². The maximum atomic E-state index is 11.5. The van der Waals surface area contributed by atoms with Gasteiger partial charge in [0.2, 0.25) is 0 Å². The molecule has 2 aliphatic rings. The highest BCUT2D eigenvalue weighted by molar-refractivity contribution is 5.80. The molecule has 1 aliphatic heterocycles. The second kappa shape index (κ2) is 5.56. The molecule has 2 amide bonds. The van der Waals surface area contributed by atoms with Crippen molar-refractivity contribution in [2.24, 2.45) is 11.3 Å². The monoisotopic (exact) mass is 256 g/mol. The summed E-state index contributed by atoms with van der Waals surface area (Å²) in [5, 5.41) is 14.3. The van der Waals surface area contributed by atoms with Crippen molar-refractivity contribution in [2.75, 3.05) is 26.3 Å². The van der Waals surface area contributed by atoms with E-state index in [0.717, 1.165) is 26.1 Å². The number of ether oxygens (including phenoxy) is 1. The molecule has 2 fully saturated rings. The van der Waals surface area contributed by atoms with Crippen LogP contribution < -0.4 is 10.6 Å². The summed E-state index contributed by atoms with van der Waals surface area (Å²) in [5.74, 6) is -0.273. The van der Waals surface area contributed by atoms with Crippen molar-refractivity contribution in [3.05, 3.63) is 0 Å². The number of hydrogen-bond donors (Lipinski definition) is 3. The Morgan fingerprint density at radius 1 is 1.33 bits per heavy atom. The van der Waals surface area contributed by atoms with Crippen molar-refractivity contribution < 1.29 is 19.4 Å². The molecular formula is C12H20N2O4. The quantitative estimate of drug-likeness (QED) is 0.648. The summed E-state index contributed by atoms with van der Waals surface area (Å²) in [4.78, 5) is 22.4. The molecule has 0 aromatic heterocycles. The first-order chi connectivity index (χ1) is 8.62. The Bertz CT molecular complexity index is 322. The lowest BCUT2D eigenvalue weighted by molar-refractivity contribution is -0.143. The average molecular weight is 256 g/mol. The molecule has 102 valence electrons. The molecule has 1 heterocycles. The van der Waals surface area contributed by atoms with Gasteiger partial charge in [0.25, 0.3) is 0 Å². The molecule has 1 atom stereocenters. The van der Waals surface area contributed by atoms with Gasteiger partial charge in [0.05, 0.1) is 5.41 Å². The highest BCUT2D eigenvalue weighted by Gasteiger charge is 2.50. The Hall–Kier alpha value is -1.30. The number of aliphatic carboxylic acids is 1. The number of carboxylic acids is 1. The van der Waals surface area contributed by atoms with Crippen molar-refractivity contribution in [1.29, 1.82) is 0 Å². The van der Waals surface area contributed by atoms with Gasteiger partial charge in [-0.15, -0.1) is 0 Å². The third kappa shape index (κ3) is 3.35. The van der Waals surface area contributed by atoms with E-state index < -0.39 is 11.4 Å². The zero-order valence-electron chi connectivity index (χ0n) is 10.4. The van der Waals surface area contributed by atoms with Gasteiger partial charge < -0.3 is 20.5 Å². The number of hydrogen-bond acceptors (Lipinski definition) is 3. The van der Waals surface area contributed by atoms with Gasteiger partial charge in [-0.1, -0.05) is 0 Å². The van der Waals surface area contributed by atoms with Crippen LogP contribution in [0.25, 0.3) is 0 Å². The number of carbonyl (C=O) groups excluding carboxylic acids is 1. The molecule has 1 saturated carbocycles. The number of rotatable bonds is 6. The Morgan fingerprint density at radius 3 is 2.67 bits per heavy atom. The first kappa shape index (κ1) is 13.1. The van der Waals surface area contributed by atoms with E-state index in [-0.39, 0.29) is 12.6 Å². The Balaban J connectivity index is 1.56. The van der Waals surface area contributed by atoms with Crippen LogP contribution in [0.4, 0.5) is 4.79 Å². The molecule has 1 unspecified atom stereocenters. The molecule has 1 aliphatic carbocycles. The van der Waals surface area contributed by atoms with Gasteiger partial charge in [-0.3, -0.25) is 4.79 Å². The van der Waals surface area contributed by atoms with Crippen LogP contribution in [0.15, 0.2) is 0 Å². The van der Waals surface area contributed by atoms with E-state index >= 15 is 0 Å². The van der Waals surface area contributed by atoms with E-state index in [1.165, 1.54) is 0 Å². The molecule has 0 aromatic carbocycles. The van der Waals surface area contributed by atoms with E-state index in [9.17, 15) is 9.59 Å². The fourth-order valence-corrected chi connectivity index (χ4v) is 2.13. The molecule has 0 spiro atoms. The minimum Gasteiger partial charge on any atom is -0.481 e. The SMILES string of the molecule is O=C(NCCC1CCOC1)NCC1(C(=O)O)CC1. The van der Waals surface area contributed by atoms with E-state index in [1.54, 1.807) is 0 Å². The molecule has 18 heavy (non-hydrogen) atoms. The largest absolute Gasteiger partial charge is 0.481 e. The lowest BCUT2D eigenvalue weighted by Crippen LogP contribution is -2.41. The van der Waals surface area contributed by atoms with Crippen LogP contribution in [0, 0.1) is 11.3 Å². The summed E-state index contributed by atoms with van der Waals surface area (Å²) in [6.45, 7) is 2.43. The third-order valence-electron chi connectivity index (χ3n) is 3.76. The fraction of sp³-hybridized carbons (Fsp3) is 0.833. The lowest BCUT2D eigenvalue weighted by atomic mass is 10.1. The van der Waals surface area contributed by atoms with Gasteiger partial charge in [0.15, 0.2) is 0 Å². The summed E-state index contributed by atoms with van der Waals surface area (Å²) in [5.41, 5.74) is -0.698. The van der Waals surface area contributed by atoms with E-state index in [1.807, 2.05) is 0 Å². The normalized spacial score (nSPS) is 24.6. The molecule has 0 bridgehead atoms. The second-order valence-electron chi connectivity index (χ2n) is 5.21. The first-order valence-electron chi connectivity index (χ1n) is 6.45. The van der Waals surface area contributed by atoms with E-state index in [2.05, 4.69) is 10.6 Å². The summed E-state index contributed by atoms with van der Waals surface area (Å²) >= 11 is 0. The third-order valence-corrected chi connectivity index (χ3v) is 3.76. The summed E-state index contributed by atoms with van der Waals surface area (Å²) in [6.07, 6.45) is 3.28. The number of carboxylic acid groups (broad SMARTS) is 1. The summed E-state index contributed by atoms with van der Waals surface area (Å²) in [7, 11) is 0. The summed E-state index contributed by atoms with van der Waals surface area (Å²) in [6, 6.07) is -0.276. The maximum Gasteiger partial charge on any atom is 0.314 e. The zero-order chi connectivity index (χ0) is 13.0. The van der Waals surface area contributed by atoms with Gasteiger partial charge in [-0.2, -0.15) is 0 Å². The number of amides is 2. The Kier molecular flexibility index (Phi) is 4.06. The van der Waals surface area contributed by atoms with Crippen molar-refractivity contribution in [3.8, 4) is 0 Å². The standard InChI is InChI=1S/C12H20N2O4/c15-10(16)12(3-4-12)8-14-11(17)13-5-1-9-2-6-18-7-9/h9H,1-8H2,(H,15,16)(H2,13,14,17). The van der Waals surface area contributed by atoms with E-state index in [4.69, 9.17) is 9.84 Å². The van der Waals surface area contributed by atoms with Gasteiger partial charge in [0.1, 0.15) is 0 Å². The molecule has 6 nitrogen and oxygen atoms in total. The highest BCUT2D eigenvalue weighted by atomic mass is 16.5. The van der Waals surface area contributed by atoms with Crippen LogP contribution in [-0.4, -0.2) is 43.4 Å². The van der Waals surface area contributed by atoms with E-state index in [0.29, 0.717) is 25.3 Å². The van der Waals surface area contributed by atoms with Crippen molar-refractivity contribution in [1.82, 2.24) is 10.6 Å². The maximum absolute atomic E-state index is 11.5. The zero-order valence-corrected chi connectivity index (χ0v) is 10.4. The first-order valence-corrected chi connectivity index (χ1v) is 6.45. The smallest absolute Gasteiger partial charge is 0.314 e. The highest BCUT2D eigenvalue weighted by Crippen LogP contribution is 2.45. The fourth-order valence-electron chi connectivity index (χ4n) is 2.13. The van der Waals surface area contributed by atoms with Crippen LogP contribution in [0.3, 0.4) is 0 Å². The van der Waals surface area contributed by atoms with Crippen LogP contribution in [0.2, 0.25) is 0 Å². The van der Waals surface area contributed by atoms with Gasteiger partial charge in [0, 0.05) is 26.3 Å². The molecule has 0 aromatic rings. The number of urea groups is 1. The van der Waals surface area contributed by atoms with Gasteiger partial charge >= 0.3 is 12.0 Å². The molecule has 3 N–H and O–H groups in total. The second-order valence-corrected chi connectivity index (χ2v) is 5.21. The minimum atomic E-state index is -0.814. The lowest BCUT2D eigenvalue weighted by Gasteiger charge is -2.13. The molecule has 1 saturated heterocycles. The van der Waals surface area contributed by atoms with Crippen molar-refractivity contribution >= 4 is 12.0 Å². The number of carbonyl (C=O) groups is 2.